The monoisotopic (exact) mass is 327 g/mol. The molecule has 0 radical (unpaired) electrons. The molecule has 1 aliphatic heterocycles. The fraction of sp³-hybridized carbons (Fsp3) is 0.533. The molecule has 1 aromatic carbocycles. The molecule has 0 aliphatic carbocycles. The third kappa shape index (κ3) is 3.35. The minimum Gasteiger partial charge on any atom is -0.336 e. The van der Waals surface area contributed by atoms with E-state index in [1.165, 1.54) is 6.07 Å². The molecule has 1 heterocycles. The van der Waals surface area contributed by atoms with Crippen LogP contribution in [0, 0.1) is 12.7 Å². The molecule has 1 saturated heterocycles. The molecule has 4 heteroatoms. The number of carbonyl (C=O) groups excluding carboxylic acids is 1. The van der Waals surface area contributed by atoms with Crippen LogP contribution in [0.2, 0.25) is 0 Å². The summed E-state index contributed by atoms with van der Waals surface area (Å²) < 4.78 is 13.8. The van der Waals surface area contributed by atoms with Gasteiger partial charge in [-0.1, -0.05) is 27.6 Å². The lowest BCUT2D eigenvalue weighted by molar-refractivity contribution is 0.0605. The molecule has 2 rings (SSSR count). The summed E-state index contributed by atoms with van der Waals surface area (Å²) in [5, 5.41) is 0.873. The molecule has 19 heavy (non-hydrogen) atoms. The number of benzene rings is 1. The van der Waals surface area contributed by atoms with E-state index < -0.39 is 5.82 Å². The van der Waals surface area contributed by atoms with Crippen molar-refractivity contribution >= 4 is 21.8 Å². The fourth-order valence-electron chi connectivity index (χ4n) is 2.65. The highest BCUT2D eigenvalue weighted by molar-refractivity contribution is 9.09. The molecule has 1 aliphatic rings. The van der Waals surface area contributed by atoms with E-state index in [-0.39, 0.29) is 17.5 Å². The van der Waals surface area contributed by atoms with Crippen LogP contribution < -0.4 is 0 Å². The highest BCUT2D eigenvalue weighted by atomic mass is 79.9. The molecular weight excluding hydrogens is 309 g/mol. The number of amides is 1. The molecule has 1 amide bonds. The fourth-order valence-corrected chi connectivity index (χ4v) is 3.18. The molecule has 2 nitrogen and oxygen atoms in total. The predicted molar refractivity (Wildman–Crippen MR) is 78.2 cm³/mol. The predicted octanol–water partition coefficient (Wildman–Crippen LogP) is 3.91. The zero-order valence-electron chi connectivity index (χ0n) is 11.2. The number of halogens is 2. The van der Waals surface area contributed by atoms with Crippen molar-refractivity contribution in [1.82, 2.24) is 4.90 Å². The van der Waals surface area contributed by atoms with Crippen molar-refractivity contribution in [1.29, 1.82) is 0 Å². The molecule has 1 fully saturated rings. The molecule has 1 atom stereocenters. The van der Waals surface area contributed by atoms with Gasteiger partial charge < -0.3 is 4.90 Å². The summed E-state index contributed by atoms with van der Waals surface area (Å²) in [5.41, 5.74) is 1.13. The number of hydrogen-bond acceptors (Lipinski definition) is 1. The summed E-state index contributed by atoms with van der Waals surface area (Å²) in [4.78, 5) is 14.4. The average Bonchev–Trinajstić information content (AvgIpc) is 2.42. The third-order valence-electron chi connectivity index (χ3n) is 3.68. The first kappa shape index (κ1) is 14.5. The number of carbonyl (C=O) groups is 1. The highest BCUT2D eigenvalue weighted by Crippen LogP contribution is 2.23. The maximum absolute atomic E-state index is 13.8. The molecule has 0 N–H and O–H groups in total. The molecule has 0 bridgehead atoms. The molecular formula is C15H19BrFNO. The molecule has 1 aromatic rings. The maximum Gasteiger partial charge on any atom is 0.257 e. The van der Waals surface area contributed by atoms with E-state index in [2.05, 4.69) is 15.9 Å². The van der Waals surface area contributed by atoms with Crippen molar-refractivity contribution in [3.05, 3.63) is 35.1 Å². The van der Waals surface area contributed by atoms with Crippen molar-refractivity contribution in [3.63, 3.8) is 0 Å². The standard InChI is InChI=1S/C15H19BrFNO/c1-11-5-6-14(17)13(10-11)15(19)18-9-3-2-4-12(18)7-8-16/h5-6,10,12H,2-4,7-9H2,1H3. The zero-order chi connectivity index (χ0) is 13.8. The zero-order valence-corrected chi connectivity index (χ0v) is 12.7. The number of piperidine rings is 1. The summed E-state index contributed by atoms with van der Waals surface area (Å²) in [6, 6.07) is 4.96. The van der Waals surface area contributed by atoms with E-state index in [1.807, 2.05) is 11.8 Å². The van der Waals surface area contributed by atoms with Crippen LogP contribution in [0.1, 0.15) is 41.6 Å². The summed E-state index contributed by atoms with van der Waals surface area (Å²) >= 11 is 3.43. The van der Waals surface area contributed by atoms with Crippen molar-refractivity contribution in [3.8, 4) is 0 Å². The van der Waals surface area contributed by atoms with Crippen LogP contribution in [0.5, 0.6) is 0 Å². The van der Waals surface area contributed by atoms with Crippen molar-refractivity contribution in [2.75, 3.05) is 11.9 Å². The highest BCUT2D eigenvalue weighted by Gasteiger charge is 2.28. The number of aryl methyl sites for hydroxylation is 1. The Labute approximate surface area is 122 Å². The Hall–Kier alpha value is -0.900. The van der Waals surface area contributed by atoms with E-state index in [0.29, 0.717) is 0 Å². The van der Waals surface area contributed by atoms with Crippen LogP contribution in [0.15, 0.2) is 18.2 Å². The number of likely N-dealkylation sites (tertiary alicyclic amines) is 1. The quantitative estimate of drug-likeness (QED) is 0.771. The lowest BCUT2D eigenvalue weighted by Crippen LogP contribution is -2.44. The second kappa shape index (κ2) is 6.51. The minimum absolute atomic E-state index is 0.160. The SMILES string of the molecule is Cc1ccc(F)c(C(=O)N2CCCCC2CCBr)c1. The van der Waals surface area contributed by atoms with Gasteiger partial charge in [0.25, 0.3) is 5.91 Å². The second-order valence-electron chi connectivity index (χ2n) is 5.11. The molecule has 1 unspecified atom stereocenters. The largest absolute Gasteiger partial charge is 0.336 e. The summed E-state index contributed by atoms with van der Waals surface area (Å²) in [7, 11) is 0. The number of alkyl halides is 1. The normalized spacial score (nSPS) is 19.5. The van der Waals surface area contributed by atoms with Gasteiger partial charge in [0, 0.05) is 17.9 Å². The Morgan fingerprint density at radius 2 is 2.26 bits per heavy atom. The maximum atomic E-state index is 13.8. The summed E-state index contributed by atoms with van der Waals surface area (Å²) in [5.74, 6) is -0.578. The van der Waals surface area contributed by atoms with Gasteiger partial charge in [-0.25, -0.2) is 4.39 Å². The van der Waals surface area contributed by atoms with Gasteiger partial charge in [0.2, 0.25) is 0 Å². The van der Waals surface area contributed by atoms with E-state index >= 15 is 0 Å². The third-order valence-corrected chi connectivity index (χ3v) is 4.14. The van der Waals surface area contributed by atoms with Gasteiger partial charge in [-0.2, -0.15) is 0 Å². The van der Waals surface area contributed by atoms with E-state index in [4.69, 9.17) is 0 Å². The Bertz CT molecular complexity index is 461. The number of nitrogens with zero attached hydrogens (tertiary/aromatic N) is 1. The Kier molecular flexibility index (Phi) is 4.97. The minimum atomic E-state index is -0.418. The van der Waals surface area contributed by atoms with Gasteiger partial charge in [-0.05, 0) is 44.7 Å². The van der Waals surface area contributed by atoms with Crippen LogP contribution in [0.3, 0.4) is 0 Å². The summed E-state index contributed by atoms with van der Waals surface area (Å²) in [6.07, 6.45) is 4.11. The number of hydrogen-bond donors (Lipinski definition) is 0. The first-order chi connectivity index (χ1) is 9.13. The van der Waals surface area contributed by atoms with E-state index in [9.17, 15) is 9.18 Å². The van der Waals surface area contributed by atoms with Gasteiger partial charge in [0.15, 0.2) is 0 Å². The Morgan fingerprint density at radius 3 is 3.00 bits per heavy atom. The van der Waals surface area contributed by atoms with Gasteiger partial charge in [-0.3, -0.25) is 4.79 Å². The molecule has 0 aromatic heterocycles. The van der Waals surface area contributed by atoms with Crippen molar-refractivity contribution in [2.45, 2.75) is 38.6 Å². The van der Waals surface area contributed by atoms with Crippen molar-refractivity contribution < 1.29 is 9.18 Å². The lowest BCUT2D eigenvalue weighted by Gasteiger charge is -2.35. The van der Waals surface area contributed by atoms with Crippen molar-refractivity contribution in [2.24, 2.45) is 0 Å². The van der Waals surface area contributed by atoms with Crippen LogP contribution in [0.4, 0.5) is 4.39 Å². The van der Waals surface area contributed by atoms with E-state index in [0.717, 1.165) is 43.1 Å². The Morgan fingerprint density at radius 1 is 1.47 bits per heavy atom. The first-order valence-corrected chi connectivity index (χ1v) is 7.88. The molecule has 0 spiro atoms. The van der Waals surface area contributed by atoms with Gasteiger partial charge >= 0.3 is 0 Å². The number of rotatable bonds is 3. The summed E-state index contributed by atoms with van der Waals surface area (Å²) in [6.45, 7) is 2.62. The van der Waals surface area contributed by atoms with Crippen LogP contribution >= 0.6 is 15.9 Å². The first-order valence-electron chi connectivity index (χ1n) is 6.76. The topological polar surface area (TPSA) is 20.3 Å². The average molecular weight is 328 g/mol. The molecule has 0 saturated carbocycles. The van der Waals surface area contributed by atoms with Crippen LogP contribution in [-0.2, 0) is 0 Å². The Balaban J connectivity index is 2.23. The molecule has 104 valence electrons. The van der Waals surface area contributed by atoms with E-state index in [1.54, 1.807) is 12.1 Å². The second-order valence-corrected chi connectivity index (χ2v) is 5.90. The lowest BCUT2D eigenvalue weighted by atomic mass is 9.98. The van der Waals surface area contributed by atoms with Crippen LogP contribution in [0.25, 0.3) is 0 Å². The van der Waals surface area contributed by atoms with Crippen LogP contribution in [-0.4, -0.2) is 28.7 Å². The smallest absolute Gasteiger partial charge is 0.257 e. The van der Waals surface area contributed by atoms with Gasteiger partial charge in [0.05, 0.1) is 5.56 Å². The van der Waals surface area contributed by atoms with Gasteiger partial charge in [0.1, 0.15) is 5.82 Å². The van der Waals surface area contributed by atoms with Gasteiger partial charge in [-0.15, -0.1) is 0 Å².